The molecule has 0 unspecified atom stereocenters. The van der Waals surface area contributed by atoms with Crippen LogP contribution >= 0.6 is 11.3 Å². The fourth-order valence-corrected chi connectivity index (χ4v) is 3.18. The highest BCUT2D eigenvalue weighted by Gasteiger charge is 2.16. The molecule has 0 atom stereocenters. The van der Waals surface area contributed by atoms with Gasteiger partial charge in [0.25, 0.3) is 0 Å². The Morgan fingerprint density at radius 3 is 3.00 bits per heavy atom. The number of nitrogens with zero attached hydrogens (tertiary/aromatic N) is 1. The second-order valence-corrected chi connectivity index (χ2v) is 4.91. The number of hydrogen-bond acceptors (Lipinski definition) is 3. The van der Waals surface area contributed by atoms with E-state index in [1.807, 2.05) is 6.92 Å². The van der Waals surface area contributed by atoms with Gasteiger partial charge in [0.2, 0.25) is 0 Å². The molecule has 0 saturated carbocycles. The van der Waals surface area contributed by atoms with Crippen molar-refractivity contribution >= 4 is 17.0 Å². The van der Waals surface area contributed by atoms with Gasteiger partial charge in [0.15, 0.2) is 0 Å². The number of hydrogen-bond donors (Lipinski definition) is 1. The van der Waals surface area contributed by atoms with E-state index >= 15 is 0 Å². The molecule has 0 aromatic carbocycles. The predicted octanol–water partition coefficient (Wildman–Crippen LogP) is 2.84. The maximum atomic E-state index is 8.92. The van der Waals surface area contributed by atoms with Gasteiger partial charge in [-0.15, -0.1) is 11.3 Å². The van der Waals surface area contributed by atoms with Gasteiger partial charge in [-0.3, -0.25) is 0 Å². The molecule has 78 valence electrons. The smallest absolute Gasteiger partial charge is 0.0969 e. The summed E-state index contributed by atoms with van der Waals surface area (Å²) < 4.78 is 0. The maximum Gasteiger partial charge on any atom is 0.0969 e. The van der Waals surface area contributed by atoms with Crippen LogP contribution in [0.2, 0.25) is 0 Å². The molecule has 0 amide bonds. The Labute approximate surface area is 94.0 Å². The number of rotatable bonds is 2. The van der Waals surface area contributed by atoms with E-state index < -0.39 is 0 Å². The third kappa shape index (κ3) is 1.78. The lowest BCUT2D eigenvalue weighted by atomic mass is 10.1. The maximum absolute atomic E-state index is 8.92. The Kier molecular flexibility index (Phi) is 2.79. The summed E-state index contributed by atoms with van der Waals surface area (Å²) in [6, 6.07) is 4.34. The Hall–Kier alpha value is -1.27. The summed E-state index contributed by atoms with van der Waals surface area (Å²) in [6.07, 6.45) is 4.34. The largest absolute Gasteiger partial charge is 0.397 e. The SMILES string of the molecule is CCC(C#N)=C(N)c1cc2c(s1)CCC2. The van der Waals surface area contributed by atoms with E-state index in [0.717, 1.165) is 4.88 Å². The third-order valence-corrected chi connectivity index (χ3v) is 4.10. The van der Waals surface area contributed by atoms with Gasteiger partial charge in [-0.1, -0.05) is 6.92 Å². The minimum absolute atomic E-state index is 0.680. The molecule has 1 aliphatic carbocycles. The van der Waals surface area contributed by atoms with Gasteiger partial charge in [-0.05, 0) is 37.3 Å². The van der Waals surface area contributed by atoms with Crippen LogP contribution in [-0.4, -0.2) is 0 Å². The Bertz CT molecular complexity index is 427. The standard InChI is InChI=1S/C12H14N2S/c1-2-8(7-13)12(14)11-6-9-4-3-5-10(9)15-11/h6H,2-5,14H2,1H3. The lowest BCUT2D eigenvalue weighted by Gasteiger charge is -2.00. The predicted molar refractivity (Wildman–Crippen MR) is 63.4 cm³/mol. The average Bonchev–Trinajstić information content (AvgIpc) is 2.78. The minimum atomic E-state index is 0.680. The van der Waals surface area contributed by atoms with Crippen LogP contribution in [-0.2, 0) is 12.8 Å². The highest BCUT2D eigenvalue weighted by atomic mass is 32.1. The molecule has 2 nitrogen and oxygen atoms in total. The zero-order chi connectivity index (χ0) is 10.8. The Balaban J connectivity index is 2.39. The first-order valence-electron chi connectivity index (χ1n) is 5.27. The highest BCUT2D eigenvalue weighted by Crippen LogP contribution is 2.33. The van der Waals surface area contributed by atoms with Gasteiger partial charge in [0, 0.05) is 4.88 Å². The van der Waals surface area contributed by atoms with Crippen LogP contribution in [0.25, 0.3) is 5.70 Å². The molecule has 0 spiro atoms. The molecular weight excluding hydrogens is 204 g/mol. The summed E-state index contributed by atoms with van der Waals surface area (Å²) in [7, 11) is 0. The molecule has 1 heterocycles. The fraction of sp³-hybridized carbons (Fsp3) is 0.417. The lowest BCUT2D eigenvalue weighted by Crippen LogP contribution is -1.98. The number of nitrogens with two attached hydrogens (primary N) is 1. The van der Waals surface area contributed by atoms with Gasteiger partial charge in [-0.25, -0.2) is 0 Å². The molecule has 1 aliphatic rings. The topological polar surface area (TPSA) is 49.8 Å². The van der Waals surface area contributed by atoms with Crippen molar-refractivity contribution < 1.29 is 0 Å². The second kappa shape index (κ2) is 4.08. The van der Waals surface area contributed by atoms with E-state index in [-0.39, 0.29) is 0 Å². The van der Waals surface area contributed by atoms with Crippen molar-refractivity contribution in [2.24, 2.45) is 5.73 Å². The molecule has 0 aliphatic heterocycles. The van der Waals surface area contributed by atoms with Crippen LogP contribution in [0.4, 0.5) is 0 Å². The summed E-state index contributed by atoms with van der Waals surface area (Å²) in [4.78, 5) is 2.54. The van der Waals surface area contributed by atoms with Gasteiger partial charge in [0.1, 0.15) is 0 Å². The van der Waals surface area contributed by atoms with Crippen LogP contribution in [0.1, 0.15) is 35.1 Å². The number of nitriles is 1. The van der Waals surface area contributed by atoms with E-state index in [1.165, 1.54) is 29.7 Å². The normalized spacial score (nSPS) is 15.7. The van der Waals surface area contributed by atoms with Crippen LogP contribution in [0.3, 0.4) is 0 Å². The van der Waals surface area contributed by atoms with Crippen molar-refractivity contribution in [3.63, 3.8) is 0 Å². The molecule has 2 N–H and O–H groups in total. The Morgan fingerprint density at radius 1 is 1.60 bits per heavy atom. The fourth-order valence-electron chi connectivity index (χ4n) is 1.94. The van der Waals surface area contributed by atoms with Crippen LogP contribution in [0.5, 0.6) is 0 Å². The third-order valence-electron chi connectivity index (χ3n) is 2.83. The first-order valence-corrected chi connectivity index (χ1v) is 6.08. The van der Waals surface area contributed by atoms with Crippen molar-refractivity contribution in [3.05, 3.63) is 27.0 Å². The molecule has 2 rings (SSSR count). The summed E-state index contributed by atoms with van der Waals surface area (Å²) in [6.45, 7) is 1.96. The van der Waals surface area contributed by atoms with E-state index in [2.05, 4.69) is 12.1 Å². The van der Waals surface area contributed by atoms with E-state index in [1.54, 1.807) is 11.3 Å². The second-order valence-electron chi connectivity index (χ2n) is 3.77. The first kappa shape index (κ1) is 10.3. The Morgan fingerprint density at radius 2 is 2.40 bits per heavy atom. The number of aryl methyl sites for hydroxylation is 2. The first-order chi connectivity index (χ1) is 7.26. The van der Waals surface area contributed by atoms with Crippen LogP contribution < -0.4 is 5.73 Å². The summed E-state index contributed by atoms with van der Waals surface area (Å²) in [5.41, 5.74) is 8.81. The van der Waals surface area contributed by atoms with Crippen molar-refractivity contribution in [1.29, 1.82) is 5.26 Å². The molecule has 0 saturated heterocycles. The van der Waals surface area contributed by atoms with E-state index in [9.17, 15) is 0 Å². The zero-order valence-electron chi connectivity index (χ0n) is 8.84. The summed E-state index contributed by atoms with van der Waals surface area (Å²) >= 11 is 1.76. The van der Waals surface area contributed by atoms with Gasteiger partial charge in [-0.2, -0.15) is 5.26 Å². The van der Waals surface area contributed by atoms with E-state index in [4.69, 9.17) is 11.0 Å². The monoisotopic (exact) mass is 218 g/mol. The van der Waals surface area contributed by atoms with Gasteiger partial charge >= 0.3 is 0 Å². The summed E-state index contributed by atoms with van der Waals surface area (Å²) in [5.74, 6) is 0. The lowest BCUT2D eigenvalue weighted by molar-refractivity contribution is 0.914. The van der Waals surface area contributed by atoms with Crippen molar-refractivity contribution in [2.45, 2.75) is 32.6 Å². The molecule has 0 radical (unpaired) electrons. The average molecular weight is 218 g/mol. The molecule has 15 heavy (non-hydrogen) atoms. The molecule has 3 heteroatoms. The quantitative estimate of drug-likeness (QED) is 0.776. The zero-order valence-corrected chi connectivity index (χ0v) is 9.66. The van der Waals surface area contributed by atoms with Crippen molar-refractivity contribution in [1.82, 2.24) is 0 Å². The van der Waals surface area contributed by atoms with Gasteiger partial charge in [0.05, 0.1) is 22.2 Å². The molecule has 1 aromatic rings. The minimum Gasteiger partial charge on any atom is -0.397 e. The number of thiophene rings is 1. The summed E-state index contributed by atoms with van der Waals surface area (Å²) in [5, 5.41) is 8.92. The van der Waals surface area contributed by atoms with Gasteiger partial charge < -0.3 is 5.73 Å². The van der Waals surface area contributed by atoms with Crippen molar-refractivity contribution in [3.8, 4) is 6.07 Å². The van der Waals surface area contributed by atoms with Crippen LogP contribution in [0, 0.1) is 11.3 Å². The van der Waals surface area contributed by atoms with Crippen molar-refractivity contribution in [2.75, 3.05) is 0 Å². The number of allylic oxidation sites excluding steroid dienone is 1. The molecular formula is C12H14N2S. The highest BCUT2D eigenvalue weighted by molar-refractivity contribution is 7.13. The number of fused-ring (bicyclic) bond motifs is 1. The molecule has 1 aromatic heterocycles. The molecule has 0 fully saturated rings. The van der Waals surface area contributed by atoms with Crippen LogP contribution in [0.15, 0.2) is 11.6 Å². The molecule has 0 bridgehead atoms. The van der Waals surface area contributed by atoms with E-state index in [0.29, 0.717) is 17.7 Å².